The van der Waals surface area contributed by atoms with Gasteiger partial charge in [-0.05, 0) is 25.2 Å². The van der Waals surface area contributed by atoms with E-state index >= 15 is 0 Å². The summed E-state index contributed by atoms with van der Waals surface area (Å²) >= 11 is 1.79. The van der Waals surface area contributed by atoms with Crippen LogP contribution < -0.4 is 5.73 Å². The molecule has 2 nitrogen and oxygen atoms in total. The highest BCUT2D eigenvalue weighted by molar-refractivity contribution is 7.09. The van der Waals surface area contributed by atoms with Crippen LogP contribution in [-0.4, -0.2) is 11.5 Å². The van der Waals surface area contributed by atoms with E-state index in [4.69, 9.17) is 5.73 Å². The lowest BCUT2D eigenvalue weighted by molar-refractivity contribution is 0.218. The van der Waals surface area contributed by atoms with Crippen LogP contribution in [0, 0.1) is 18.8 Å². The standard InChI is InChI=1S/C13H22N2S/c1-9-5-3-4-6-11(9)12(7-14)13-15-10(2)8-16-13/h8-9,11-12H,3-7,14H2,1-2H3. The molecule has 0 saturated heterocycles. The molecule has 16 heavy (non-hydrogen) atoms. The van der Waals surface area contributed by atoms with Crippen molar-refractivity contribution in [1.82, 2.24) is 4.98 Å². The van der Waals surface area contributed by atoms with Crippen molar-refractivity contribution in [3.63, 3.8) is 0 Å². The van der Waals surface area contributed by atoms with E-state index in [0.29, 0.717) is 5.92 Å². The van der Waals surface area contributed by atoms with Gasteiger partial charge in [-0.3, -0.25) is 0 Å². The molecule has 1 aliphatic carbocycles. The molecule has 1 saturated carbocycles. The predicted octanol–water partition coefficient (Wildman–Crippen LogP) is 3.32. The van der Waals surface area contributed by atoms with Crippen molar-refractivity contribution in [2.75, 3.05) is 6.54 Å². The van der Waals surface area contributed by atoms with Crippen molar-refractivity contribution in [3.8, 4) is 0 Å². The van der Waals surface area contributed by atoms with Gasteiger partial charge in [0.05, 0.1) is 5.01 Å². The van der Waals surface area contributed by atoms with E-state index in [1.807, 2.05) is 0 Å². The average molecular weight is 238 g/mol. The largest absolute Gasteiger partial charge is 0.330 e. The van der Waals surface area contributed by atoms with E-state index in [2.05, 4.69) is 24.2 Å². The van der Waals surface area contributed by atoms with Crippen molar-refractivity contribution in [1.29, 1.82) is 0 Å². The Hall–Kier alpha value is -0.410. The lowest BCUT2D eigenvalue weighted by Gasteiger charge is -2.33. The maximum Gasteiger partial charge on any atom is 0.0974 e. The van der Waals surface area contributed by atoms with Gasteiger partial charge in [0.15, 0.2) is 0 Å². The van der Waals surface area contributed by atoms with Gasteiger partial charge in [0.2, 0.25) is 0 Å². The Morgan fingerprint density at radius 1 is 1.50 bits per heavy atom. The van der Waals surface area contributed by atoms with Crippen LogP contribution in [0.3, 0.4) is 0 Å². The van der Waals surface area contributed by atoms with Gasteiger partial charge < -0.3 is 5.73 Å². The number of hydrogen-bond donors (Lipinski definition) is 1. The lowest BCUT2D eigenvalue weighted by atomic mass is 9.73. The number of rotatable bonds is 3. The van der Waals surface area contributed by atoms with Crippen molar-refractivity contribution >= 4 is 11.3 Å². The molecule has 0 radical (unpaired) electrons. The highest BCUT2D eigenvalue weighted by Crippen LogP contribution is 2.40. The van der Waals surface area contributed by atoms with Gasteiger partial charge in [-0.2, -0.15) is 0 Å². The summed E-state index contributed by atoms with van der Waals surface area (Å²) in [7, 11) is 0. The summed E-state index contributed by atoms with van der Waals surface area (Å²) < 4.78 is 0. The molecule has 1 aromatic rings. The molecule has 0 spiro atoms. The number of aryl methyl sites for hydroxylation is 1. The molecule has 3 unspecified atom stereocenters. The van der Waals surface area contributed by atoms with Crippen LogP contribution in [-0.2, 0) is 0 Å². The number of thiazole rings is 1. The van der Waals surface area contributed by atoms with Crippen LogP contribution in [0.25, 0.3) is 0 Å². The van der Waals surface area contributed by atoms with Crippen LogP contribution in [0.4, 0.5) is 0 Å². The van der Waals surface area contributed by atoms with E-state index in [9.17, 15) is 0 Å². The van der Waals surface area contributed by atoms with Gasteiger partial charge in [-0.25, -0.2) is 4.98 Å². The van der Waals surface area contributed by atoms with Crippen molar-refractivity contribution in [2.24, 2.45) is 17.6 Å². The monoisotopic (exact) mass is 238 g/mol. The zero-order valence-corrected chi connectivity index (χ0v) is 11.1. The third kappa shape index (κ3) is 2.46. The number of nitrogens with zero attached hydrogens (tertiary/aromatic N) is 1. The van der Waals surface area contributed by atoms with Crippen LogP contribution >= 0.6 is 11.3 Å². The Morgan fingerprint density at radius 3 is 2.81 bits per heavy atom. The van der Waals surface area contributed by atoms with Crippen LogP contribution in [0.2, 0.25) is 0 Å². The smallest absolute Gasteiger partial charge is 0.0974 e. The summed E-state index contributed by atoms with van der Waals surface area (Å²) in [6.45, 7) is 5.20. The summed E-state index contributed by atoms with van der Waals surface area (Å²) in [5.41, 5.74) is 7.11. The van der Waals surface area contributed by atoms with E-state index in [0.717, 1.165) is 24.1 Å². The van der Waals surface area contributed by atoms with Crippen molar-refractivity contribution in [3.05, 3.63) is 16.1 Å². The first kappa shape index (κ1) is 12.1. The Morgan fingerprint density at radius 2 is 2.25 bits per heavy atom. The summed E-state index contributed by atoms with van der Waals surface area (Å²) in [6, 6.07) is 0. The first-order valence-corrected chi connectivity index (χ1v) is 7.22. The molecule has 90 valence electrons. The van der Waals surface area contributed by atoms with Gasteiger partial charge in [0.1, 0.15) is 0 Å². The van der Waals surface area contributed by atoms with Gasteiger partial charge in [0.25, 0.3) is 0 Å². The molecular formula is C13H22N2S. The molecule has 3 heteroatoms. The summed E-state index contributed by atoms with van der Waals surface area (Å²) in [5, 5.41) is 3.41. The zero-order valence-electron chi connectivity index (χ0n) is 10.3. The van der Waals surface area contributed by atoms with E-state index in [1.165, 1.54) is 30.7 Å². The lowest BCUT2D eigenvalue weighted by Crippen LogP contribution is -2.28. The molecule has 3 atom stereocenters. The third-order valence-electron chi connectivity index (χ3n) is 3.90. The van der Waals surface area contributed by atoms with Gasteiger partial charge in [0, 0.05) is 23.5 Å². The molecule has 1 heterocycles. The zero-order chi connectivity index (χ0) is 11.5. The van der Waals surface area contributed by atoms with E-state index in [-0.39, 0.29) is 0 Å². The second kappa shape index (κ2) is 5.28. The first-order chi connectivity index (χ1) is 7.72. The van der Waals surface area contributed by atoms with E-state index < -0.39 is 0 Å². The summed E-state index contributed by atoms with van der Waals surface area (Å²) in [5.74, 6) is 2.06. The number of aromatic nitrogens is 1. The molecule has 2 N–H and O–H groups in total. The van der Waals surface area contributed by atoms with Crippen molar-refractivity contribution < 1.29 is 0 Å². The quantitative estimate of drug-likeness (QED) is 0.877. The molecule has 1 aliphatic rings. The second-order valence-corrected chi connectivity index (χ2v) is 5.98. The van der Waals surface area contributed by atoms with Crippen LogP contribution in [0.1, 0.15) is 49.2 Å². The minimum absolute atomic E-state index is 0.494. The molecule has 1 aromatic heterocycles. The fraction of sp³-hybridized carbons (Fsp3) is 0.769. The average Bonchev–Trinajstić information content (AvgIpc) is 2.69. The SMILES string of the molecule is Cc1csc(C(CN)C2CCCCC2C)n1. The molecule has 0 aromatic carbocycles. The van der Waals surface area contributed by atoms with Crippen LogP contribution in [0.5, 0.6) is 0 Å². The topological polar surface area (TPSA) is 38.9 Å². The third-order valence-corrected chi connectivity index (χ3v) is 5.00. The Kier molecular flexibility index (Phi) is 3.98. The maximum absolute atomic E-state index is 5.97. The van der Waals surface area contributed by atoms with Gasteiger partial charge in [-0.1, -0.05) is 26.2 Å². The fourth-order valence-corrected chi connectivity index (χ4v) is 3.93. The number of nitrogens with two attached hydrogens (primary N) is 1. The Balaban J connectivity index is 2.14. The Bertz CT molecular complexity index is 334. The number of hydrogen-bond acceptors (Lipinski definition) is 3. The molecule has 2 rings (SSSR count). The normalized spacial score (nSPS) is 27.9. The molecule has 0 aliphatic heterocycles. The Labute approximate surface area is 102 Å². The van der Waals surface area contributed by atoms with Crippen LogP contribution in [0.15, 0.2) is 5.38 Å². The molecule has 0 bridgehead atoms. The second-order valence-electron chi connectivity index (χ2n) is 5.09. The van der Waals surface area contributed by atoms with Gasteiger partial charge in [-0.15, -0.1) is 11.3 Å². The highest BCUT2D eigenvalue weighted by Gasteiger charge is 2.30. The van der Waals surface area contributed by atoms with E-state index in [1.54, 1.807) is 11.3 Å². The molecule has 1 fully saturated rings. The summed E-state index contributed by atoms with van der Waals surface area (Å²) in [6.07, 6.45) is 5.47. The highest BCUT2D eigenvalue weighted by atomic mass is 32.1. The molecular weight excluding hydrogens is 216 g/mol. The summed E-state index contributed by atoms with van der Waals surface area (Å²) in [4.78, 5) is 4.63. The maximum atomic E-state index is 5.97. The predicted molar refractivity (Wildman–Crippen MR) is 69.8 cm³/mol. The first-order valence-electron chi connectivity index (χ1n) is 6.34. The van der Waals surface area contributed by atoms with Crippen molar-refractivity contribution in [2.45, 2.75) is 45.4 Å². The molecule has 0 amide bonds. The fourth-order valence-electron chi connectivity index (χ4n) is 2.94. The minimum atomic E-state index is 0.494. The minimum Gasteiger partial charge on any atom is -0.330 e. The van der Waals surface area contributed by atoms with Gasteiger partial charge >= 0.3 is 0 Å².